The first-order valence-electron chi connectivity index (χ1n) is 4.92. The molecule has 3 rings (SSSR count). The summed E-state index contributed by atoms with van der Waals surface area (Å²) in [6.45, 7) is 0.954. The lowest BCUT2D eigenvalue weighted by molar-refractivity contribution is 0.638. The molecule has 3 nitrogen and oxygen atoms in total. The quantitative estimate of drug-likeness (QED) is 0.671. The summed E-state index contributed by atoms with van der Waals surface area (Å²) in [5.41, 5.74) is 9.33. The second-order valence-corrected chi connectivity index (χ2v) is 6.22. The van der Waals surface area contributed by atoms with Gasteiger partial charge in [0.1, 0.15) is 5.52 Å². The summed E-state index contributed by atoms with van der Waals surface area (Å²) >= 11 is 10.8. The van der Waals surface area contributed by atoms with Crippen LogP contribution in [0.25, 0.3) is 11.0 Å². The van der Waals surface area contributed by atoms with E-state index < -0.39 is 0 Å². The van der Waals surface area contributed by atoms with Gasteiger partial charge >= 0.3 is 0 Å². The van der Waals surface area contributed by atoms with Crippen molar-refractivity contribution in [2.75, 3.05) is 5.73 Å². The topological polar surface area (TPSA) is 43.8 Å². The first-order valence-corrected chi connectivity index (χ1v) is 7.30. The highest BCUT2D eigenvalue weighted by molar-refractivity contribution is 9.14. The van der Waals surface area contributed by atoms with Gasteiger partial charge < -0.3 is 10.3 Å². The maximum atomic E-state index is 5.94. The Morgan fingerprint density at radius 1 is 1.12 bits per heavy atom. The first kappa shape index (κ1) is 11.0. The fraction of sp³-hybridized carbons (Fsp3) is 0.300. The van der Waals surface area contributed by atoms with Crippen LogP contribution in [-0.2, 0) is 13.0 Å². The van der Waals surface area contributed by atoms with Crippen LogP contribution in [-0.4, -0.2) is 9.55 Å². The monoisotopic (exact) mass is 407 g/mol. The van der Waals surface area contributed by atoms with Crippen LogP contribution in [0.2, 0.25) is 0 Å². The van der Waals surface area contributed by atoms with E-state index in [1.165, 1.54) is 5.56 Å². The molecule has 0 bridgehead atoms. The number of anilines is 1. The minimum atomic E-state index is 0.599. The highest BCUT2D eigenvalue weighted by atomic mass is 79.9. The fourth-order valence-corrected chi connectivity index (χ4v) is 3.99. The SMILES string of the molecule is Nc1nc2c(Br)c(Br)c(Br)c3c2n1CCC3. The van der Waals surface area contributed by atoms with Crippen LogP contribution in [0.1, 0.15) is 12.0 Å². The lowest BCUT2D eigenvalue weighted by Crippen LogP contribution is -2.10. The van der Waals surface area contributed by atoms with Gasteiger partial charge in [0, 0.05) is 15.5 Å². The smallest absolute Gasteiger partial charge is 0.201 e. The van der Waals surface area contributed by atoms with Crippen LogP contribution in [0.3, 0.4) is 0 Å². The Labute approximate surface area is 118 Å². The molecule has 0 atom stereocenters. The van der Waals surface area contributed by atoms with E-state index >= 15 is 0 Å². The number of hydrogen-bond acceptors (Lipinski definition) is 2. The Morgan fingerprint density at radius 2 is 1.88 bits per heavy atom. The van der Waals surface area contributed by atoms with E-state index in [4.69, 9.17) is 5.73 Å². The standard InChI is InChI=1S/C10H8Br3N3/c11-5-4-2-1-3-16-9(4)8(15-10(16)14)7(13)6(5)12/h1-3H2,(H2,14,15). The number of nitrogen functional groups attached to an aromatic ring is 1. The molecule has 16 heavy (non-hydrogen) atoms. The average Bonchev–Trinajstić information content (AvgIpc) is 2.63. The summed E-state index contributed by atoms with van der Waals surface area (Å²) in [7, 11) is 0. The highest BCUT2D eigenvalue weighted by Crippen LogP contribution is 2.43. The van der Waals surface area contributed by atoms with E-state index in [0.717, 1.165) is 43.8 Å². The third-order valence-corrected chi connectivity index (χ3v) is 6.45. The molecule has 0 aliphatic carbocycles. The Kier molecular flexibility index (Phi) is 2.56. The first-order chi connectivity index (χ1) is 7.61. The number of rotatable bonds is 0. The van der Waals surface area contributed by atoms with Crippen molar-refractivity contribution in [3.63, 3.8) is 0 Å². The van der Waals surface area contributed by atoms with Gasteiger partial charge in [-0.1, -0.05) is 0 Å². The van der Waals surface area contributed by atoms with Crippen molar-refractivity contribution in [2.45, 2.75) is 19.4 Å². The van der Waals surface area contributed by atoms with E-state index in [2.05, 4.69) is 57.3 Å². The zero-order chi connectivity index (χ0) is 11.4. The number of benzene rings is 1. The van der Waals surface area contributed by atoms with Gasteiger partial charge in [-0.15, -0.1) is 0 Å². The summed E-state index contributed by atoms with van der Waals surface area (Å²) in [5.74, 6) is 0.599. The number of aromatic nitrogens is 2. The molecule has 2 aromatic rings. The molecule has 1 aromatic heterocycles. The molecule has 1 aliphatic heterocycles. The lowest BCUT2D eigenvalue weighted by Gasteiger charge is -2.18. The van der Waals surface area contributed by atoms with Gasteiger partial charge in [-0.3, -0.25) is 0 Å². The molecule has 0 radical (unpaired) electrons. The number of imidazole rings is 1. The molecular weight excluding hydrogens is 402 g/mol. The van der Waals surface area contributed by atoms with E-state index in [9.17, 15) is 0 Å². The predicted octanol–water partition coefficient (Wildman–Crippen LogP) is 3.85. The van der Waals surface area contributed by atoms with Gasteiger partial charge in [-0.25, -0.2) is 4.98 Å². The zero-order valence-electron chi connectivity index (χ0n) is 8.23. The minimum Gasteiger partial charge on any atom is -0.369 e. The third kappa shape index (κ3) is 1.32. The minimum absolute atomic E-state index is 0.599. The second-order valence-electron chi connectivity index (χ2n) is 3.84. The molecule has 0 saturated carbocycles. The van der Waals surface area contributed by atoms with Crippen LogP contribution in [0.5, 0.6) is 0 Å². The molecule has 0 spiro atoms. The Bertz CT molecular complexity index is 603. The van der Waals surface area contributed by atoms with E-state index in [1.807, 2.05) is 0 Å². The van der Waals surface area contributed by atoms with Gasteiger partial charge in [0.2, 0.25) is 5.95 Å². The Hall–Kier alpha value is -0.0700. The third-order valence-electron chi connectivity index (χ3n) is 2.95. The van der Waals surface area contributed by atoms with Crippen LogP contribution >= 0.6 is 47.8 Å². The number of nitrogens with two attached hydrogens (primary N) is 1. The maximum absolute atomic E-state index is 5.94. The summed E-state index contributed by atoms with van der Waals surface area (Å²) in [5, 5.41) is 0. The molecular formula is C10H8Br3N3. The lowest BCUT2D eigenvalue weighted by atomic mass is 10.0. The van der Waals surface area contributed by atoms with Gasteiger partial charge in [-0.2, -0.15) is 0 Å². The van der Waals surface area contributed by atoms with Crippen LogP contribution in [0.4, 0.5) is 5.95 Å². The van der Waals surface area contributed by atoms with Gasteiger partial charge in [-0.05, 0) is 66.2 Å². The fourth-order valence-electron chi connectivity index (χ4n) is 2.23. The molecule has 2 heterocycles. The summed E-state index contributed by atoms with van der Waals surface area (Å²) in [6.07, 6.45) is 2.17. The molecule has 0 fully saturated rings. The van der Waals surface area contributed by atoms with Crippen LogP contribution in [0.15, 0.2) is 13.4 Å². The molecule has 0 saturated heterocycles. The van der Waals surface area contributed by atoms with E-state index in [1.54, 1.807) is 0 Å². The van der Waals surface area contributed by atoms with Crippen molar-refractivity contribution in [3.05, 3.63) is 19.0 Å². The summed E-state index contributed by atoms with van der Waals surface area (Å²) in [4.78, 5) is 4.43. The maximum Gasteiger partial charge on any atom is 0.201 e. The van der Waals surface area contributed by atoms with Crippen molar-refractivity contribution in [1.82, 2.24) is 9.55 Å². The Balaban J connectivity index is 2.57. The van der Waals surface area contributed by atoms with Crippen LogP contribution in [0, 0.1) is 0 Å². The van der Waals surface area contributed by atoms with Gasteiger partial charge in [0.25, 0.3) is 0 Å². The molecule has 0 amide bonds. The molecule has 1 aliphatic rings. The number of halogens is 3. The normalized spacial score (nSPS) is 14.7. The largest absolute Gasteiger partial charge is 0.369 e. The molecule has 6 heteroatoms. The molecule has 0 unspecified atom stereocenters. The van der Waals surface area contributed by atoms with E-state index in [-0.39, 0.29) is 0 Å². The Morgan fingerprint density at radius 3 is 2.62 bits per heavy atom. The zero-order valence-corrected chi connectivity index (χ0v) is 13.0. The average molecular weight is 410 g/mol. The van der Waals surface area contributed by atoms with Crippen molar-refractivity contribution in [1.29, 1.82) is 0 Å². The number of aryl methyl sites for hydroxylation is 2. The predicted molar refractivity (Wildman–Crippen MR) is 75.6 cm³/mol. The van der Waals surface area contributed by atoms with Crippen molar-refractivity contribution in [3.8, 4) is 0 Å². The summed E-state index contributed by atoms with van der Waals surface area (Å²) in [6, 6.07) is 0. The van der Waals surface area contributed by atoms with Crippen LogP contribution < -0.4 is 5.73 Å². The molecule has 84 valence electrons. The highest BCUT2D eigenvalue weighted by Gasteiger charge is 2.23. The molecule has 2 N–H and O–H groups in total. The van der Waals surface area contributed by atoms with Gasteiger partial charge in [0.05, 0.1) is 9.99 Å². The van der Waals surface area contributed by atoms with Crippen molar-refractivity contribution < 1.29 is 0 Å². The number of nitrogens with zero attached hydrogens (tertiary/aromatic N) is 2. The van der Waals surface area contributed by atoms with Gasteiger partial charge in [0.15, 0.2) is 0 Å². The summed E-state index contributed by atoms with van der Waals surface area (Å²) < 4.78 is 5.18. The molecule has 1 aromatic carbocycles. The van der Waals surface area contributed by atoms with E-state index in [0.29, 0.717) is 5.95 Å². The number of hydrogen-bond donors (Lipinski definition) is 1. The van der Waals surface area contributed by atoms with Crippen molar-refractivity contribution >= 4 is 64.8 Å². The second kappa shape index (κ2) is 3.71. The van der Waals surface area contributed by atoms with Crippen molar-refractivity contribution in [2.24, 2.45) is 0 Å².